The number of hydrogen-bond donors (Lipinski definition) is 1. The van der Waals surface area contributed by atoms with Crippen molar-refractivity contribution in [3.05, 3.63) is 34.9 Å². The number of benzene rings is 1. The Kier molecular flexibility index (Phi) is 3.32. The highest BCUT2D eigenvalue weighted by molar-refractivity contribution is 6.30. The van der Waals surface area contributed by atoms with Gasteiger partial charge in [-0.3, -0.25) is 0 Å². The molecule has 2 heteroatoms. The van der Waals surface area contributed by atoms with Crippen LogP contribution in [0.2, 0.25) is 5.02 Å². The zero-order valence-electron chi connectivity index (χ0n) is 9.33. The van der Waals surface area contributed by atoms with Gasteiger partial charge in [0.1, 0.15) is 0 Å². The Hall–Kier alpha value is -0.530. The minimum absolute atomic E-state index is 0.430. The fourth-order valence-corrected chi connectivity index (χ4v) is 2.37. The lowest BCUT2D eigenvalue weighted by Crippen LogP contribution is -2.41. The average Bonchev–Trinajstić information content (AvgIpc) is 2.16. The van der Waals surface area contributed by atoms with Crippen molar-refractivity contribution in [1.29, 1.82) is 0 Å². The summed E-state index contributed by atoms with van der Waals surface area (Å²) in [4.78, 5) is 0. The Balaban J connectivity index is 1.90. The first-order chi connectivity index (χ1) is 7.15. The van der Waals surface area contributed by atoms with Crippen molar-refractivity contribution in [2.24, 2.45) is 5.92 Å². The summed E-state index contributed by atoms with van der Waals surface area (Å²) in [6.45, 7) is 4.53. The molecule has 1 nitrogen and oxygen atoms in total. The van der Waals surface area contributed by atoms with Crippen molar-refractivity contribution in [2.45, 2.75) is 38.8 Å². The summed E-state index contributed by atoms with van der Waals surface area (Å²) in [5, 5.41) is 4.45. The molecular weight excluding hydrogens is 206 g/mol. The Bertz CT molecular complexity index is 314. The molecule has 15 heavy (non-hydrogen) atoms. The van der Waals surface area contributed by atoms with Crippen molar-refractivity contribution in [3.8, 4) is 0 Å². The molecule has 1 aliphatic carbocycles. The van der Waals surface area contributed by atoms with E-state index in [1.165, 1.54) is 18.4 Å². The third kappa shape index (κ3) is 2.73. The highest BCUT2D eigenvalue weighted by Crippen LogP contribution is 2.28. The van der Waals surface area contributed by atoms with Gasteiger partial charge >= 0.3 is 0 Å². The van der Waals surface area contributed by atoms with Gasteiger partial charge in [0.05, 0.1) is 0 Å². The number of hydrogen-bond acceptors (Lipinski definition) is 1. The van der Waals surface area contributed by atoms with Gasteiger partial charge in [-0.15, -0.1) is 0 Å². The molecule has 1 N–H and O–H groups in total. The van der Waals surface area contributed by atoms with E-state index in [-0.39, 0.29) is 0 Å². The van der Waals surface area contributed by atoms with Gasteiger partial charge in [-0.05, 0) is 43.4 Å². The summed E-state index contributed by atoms with van der Waals surface area (Å²) in [6, 6.07) is 9.26. The first kappa shape index (κ1) is 11.0. The minimum atomic E-state index is 0.430. The molecular formula is C13H18ClN. The van der Waals surface area contributed by atoms with Crippen molar-refractivity contribution in [1.82, 2.24) is 5.32 Å². The maximum Gasteiger partial charge on any atom is 0.0406 e. The topological polar surface area (TPSA) is 12.0 Å². The van der Waals surface area contributed by atoms with Crippen LogP contribution in [-0.4, -0.2) is 6.04 Å². The first-order valence-corrected chi connectivity index (χ1v) is 6.04. The number of halogens is 1. The summed E-state index contributed by atoms with van der Waals surface area (Å²) in [7, 11) is 0. The summed E-state index contributed by atoms with van der Waals surface area (Å²) >= 11 is 5.86. The maximum absolute atomic E-state index is 5.86. The van der Waals surface area contributed by atoms with E-state index < -0.39 is 0 Å². The fourth-order valence-electron chi connectivity index (χ4n) is 2.24. The normalized spacial score (nSPS) is 27.1. The van der Waals surface area contributed by atoms with Crippen LogP contribution in [0.4, 0.5) is 0 Å². The highest BCUT2D eigenvalue weighted by Gasteiger charge is 2.26. The van der Waals surface area contributed by atoms with Gasteiger partial charge in [-0.2, -0.15) is 0 Å². The summed E-state index contributed by atoms with van der Waals surface area (Å²) in [6.07, 6.45) is 2.63. The van der Waals surface area contributed by atoms with Gasteiger partial charge < -0.3 is 5.32 Å². The molecule has 82 valence electrons. The molecule has 0 radical (unpaired) electrons. The van der Waals surface area contributed by atoms with Crippen molar-refractivity contribution >= 4 is 11.6 Å². The monoisotopic (exact) mass is 223 g/mol. The first-order valence-electron chi connectivity index (χ1n) is 5.66. The third-order valence-corrected chi connectivity index (χ3v) is 3.48. The molecule has 0 heterocycles. The van der Waals surface area contributed by atoms with Crippen LogP contribution in [0.3, 0.4) is 0 Å². The molecule has 1 saturated carbocycles. The van der Waals surface area contributed by atoms with Crippen LogP contribution in [0.15, 0.2) is 24.3 Å². The van der Waals surface area contributed by atoms with Crippen LogP contribution in [-0.2, 0) is 0 Å². The van der Waals surface area contributed by atoms with E-state index in [4.69, 9.17) is 11.6 Å². The second-order valence-corrected chi connectivity index (χ2v) is 5.15. The predicted molar refractivity (Wildman–Crippen MR) is 65.2 cm³/mol. The third-order valence-electron chi connectivity index (χ3n) is 3.23. The van der Waals surface area contributed by atoms with Gasteiger partial charge in [-0.1, -0.05) is 30.7 Å². The van der Waals surface area contributed by atoms with Gasteiger partial charge in [0.15, 0.2) is 0 Å². The van der Waals surface area contributed by atoms with Crippen LogP contribution in [0.25, 0.3) is 0 Å². The van der Waals surface area contributed by atoms with Gasteiger partial charge in [0.2, 0.25) is 0 Å². The molecule has 0 bridgehead atoms. The van der Waals surface area contributed by atoms with E-state index in [0.29, 0.717) is 12.1 Å². The lowest BCUT2D eigenvalue weighted by molar-refractivity contribution is 0.226. The van der Waals surface area contributed by atoms with E-state index in [2.05, 4.69) is 31.3 Å². The molecule has 1 fully saturated rings. The van der Waals surface area contributed by atoms with E-state index >= 15 is 0 Å². The molecule has 1 atom stereocenters. The lowest BCUT2D eigenvalue weighted by atomic mass is 9.81. The van der Waals surface area contributed by atoms with Gasteiger partial charge in [0.25, 0.3) is 0 Å². The molecule has 1 aromatic rings. The highest BCUT2D eigenvalue weighted by atomic mass is 35.5. The number of rotatable bonds is 3. The fraction of sp³-hybridized carbons (Fsp3) is 0.538. The minimum Gasteiger partial charge on any atom is -0.307 e. The molecule has 1 unspecified atom stereocenters. The maximum atomic E-state index is 5.86. The van der Waals surface area contributed by atoms with Gasteiger partial charge in [0, 0.05) is 17.1 Å². The van der Waals surface area contributed by atoms with Crippen LogP contribution in [0, 0.1) is 5.92 Å². The van der Waals surface area contributed by atoms with E-state index in [1.807, 2.05) is 12.1 Å². The Morgan fingerprint density at radius 2 is 1.87 bits per heavy atom. The summed E-state index contributed by atoms with van der Waals surface area (Å²) in [5.41, 5.74) is 1.32. The second kappa shape index (κ2) is 4.54. The molecule has 0 aromatic heterocycles. The largest absolute Gasteiger partial charge is 0.307 e. The quantitative estimate of drug-likeness (QED) is 0.822. The molecule has 0 saturated heterocycles. The van der Waals surface area contributed by atoms with E-state index in [1.54, 1.807) is 0 Å². The summed E-state index contributed by atoms with van der Waals surface area (Å²) < 4.78 is 0. The van der Waals surface area contributed by atoms with Crippen LogP contribution < -0.4 is 5.32 Å². The standard InChI is InChI=1S/C13H18ClN/c1-9-7-13(8-9)15-10(2)11-3-5-12(14)6-4-11/h3-6,9-10,13,15H,7-8H2,1-2H3. The molecule has 1 aliphatic rings. The average molecular weight is 224 g/mol. The SMILES string of the molecule is CC1CC(NC(C)c2ccc(Cl)cc2)C1. The number of nitrogens with one attached hydrogen (secondary N) is 1. The van der Waals surface area contributed by atoms with Crippen LogP contribution >= 0.6 is 11.6 Å². The summed E-state index contributed by atoms with van der Waals surface area (Å²) in [5.74, 6) is 0.903. The zero-order chi connectivity index (χ0) is 10.8. The van der Waals surface area contributed by atoms with E-state index in [9.17, 15) is 0 Å². The molecule has 0 spiro atoms. The Morgan fingerprint density at radius 1 is 1.27 bits per heavy atom. The molecule has 0 amide bonds. The lowest BCUT2D eigenvalue weighted by Gasteiger charge is -2.35. The molecule has 0 aliphatic heterocycles. The Labute approximate surface area is 96.8 Å². The molecule has 2 rings (SSSR count). The molecule has 1 aromatic carbocycles. The Morgan fingerprint density at radius 3 is 2.40 bits per heavy atom. The smallest absolute Gasteiger partial charge is 0.0406 e. The van der Waals surface area contributed by atoms with Gasteiger partial charge in [-0.25, -0.2) is 0 Å². The van der Waals surface area contributed by atoms with Crippen LogP contribution in [0.1, 0.15) is 38.3 Å². The van der Waals surface area contributed by atoms with E-state index in [0.717, 1.165) is 10.9 Å². The van der Waals surface area contributed by atoms with Crippen molar-refractivity contribution < 1.29 is 0 Å². The second-order valence-electron chi connectivity index (χ2n) is 4.71. The van der Waals surface area contributed by atoms with Crippen molar-refractivity contribution in [2.75, 3.05) is 0 Å². The zero-order valence-corrected chi connectivity index (χ0v) is 10.1. The predicted octanol–water partition coefficient (Wildman–Crippen LogP) is 3.79. The van der Waals surface area contributed by atoms with Crippen molar-refractivity contribution in [3.63, 3.8) is 0 Å². The van der Waals surface area contributed by atoms with Crippen LogP contribution in [0.5, 0.6) is 0 Å².